The SMILES string of the molecule is O=C(Nc1ccc(Oc2ccc(-n3ccnc3)nn2)cc1)c1ccc(F)cc1Cl. The van der Waals surface area contributed by atoms with Crippen LogP contribution in [0.4, 0.5) is 10.1 Å². The van der Waals surface area contributed by atoms with Gasteiger partial charge in [-0.15, -0.1) is 10.2 Å². The lowest BCUT2D eigenvalue weighted by Gasteiger charge is -2.09. The third-order valence-electron chi connectivity index (χ3n) is 3.91. The van der Waals surface area contributed by atoms with Gasteiger partial charge in [0.1, 0.15) is 17.9 Å². The standard InChI is InChI=1S/C20H13ClFN5O2/c21-17-11-13(22)1-6-16(17)20(28)24-14-2-4-15(5-3-14)29-19-8-7-18(25-26-19)27-10-9-23-12-27/h1-12H,(H,24,28). The van der Waals surface area contributed by atoms with Crippen molar-refractivity contribution in [3.05, 3.63) is 89.7 Å². The average Bonchev–Trinajstić information content (AvgIpc) is 3.25. The Balaban J connectivity index is 1.40. The zero-order valence-electron chi connectivity index (χ0n) is 14.8. The number of carbonyl (C=O) groups is 1. The molecule has 29 heavy (non-hydrogen) atoms. The van der Waals surface area contributed by atoms with E-state index in [-0.39, 0.29) is 10.6 Å². The smallest absolute Gasteiger partial charge is 0.257 e. The van der Waals surface area contributed by atoms with Crippen molar-refractivity contribution in [2.45, 2.75) is 0 Å². The highest BCUT2D eigenvalue weighted by molar-refractivity contribution is 6.34. The van der Waals surface area contributed by atoms with E-state index in [4.69, 9.17) is 16.3 Å². The Bertz CT molecular complexity index is 1130. The quantitative estimate of drug-likeness (QED) is 0.524. The lowest BCUT2D eigenvalue weighted by molar-refractivity contribution is 0.102. The molecule has 2 aromatic carbocycles. The van der Waals surface area contributed by atoms with E-state index < -0.39 is 11.7 Å². The third kappa shape index (κ3) is 4.39. The fourth-order valence-electron chi connectivity index (χ4n) is 2.50. The second kappa shape index (κ2) is 8.07. The van der Waals surface area contributed by atoms with Gasteiger partial charge in [-0.05, 0) is 48.5 Å². The minimum atomic E-state index is -0.505. The number of aromatic nitrogens is 4. The van der Waals surface area contributed by atoms with Gasteiger partial charge in [-0.1, -0.05) is 11.6 Å². The molecule has 0 bridgehead atoms. The van der Waals surface area contributed by atoms with Crippen LogP contribution in [0.3, 0.4) is 0 Å². The molecule has 0 aliphatic rings. The van der Waals surface area contributed by atoms with Crippen molar-refractivity contribution in [2.24, 2.45) is 0 Å². The Hall–Kier alpha value is -3.78. The average molecular weight is 410 g/mol. The van der Waals surface area contributed by atoms with Crippen LogP contribution in [0, 0.1) is 5.82 Å². The van der Waals surface area contributed by atoms with Crippen molar-refractivity contribution >= 4 is 23.2 Å². The minimum Gasteiger partial charge on any atom is -0.438 e. The lowest BCUT2D eigenvalue weighted by atomic mass is 10.2. The highest BCUT2D eigenvalue weighted by atomic mass is 35.5. The van der Waals surface area contributed by atoms with Gasteiger partial charge in [0.2, 0.25) is 5.88 Å². The van der Waals surface area contributed by atoms with Crippen molar-refractivity contribution in [3.8, 4) is 17.4 Å². The molecule has 0 saturated heterocycles. The van der Waals surface area contributed by atoms with Gasteiger partial charge in [0.15, 0.2) is 5.82 Å². The van der Waals surface area contributed by atoms with Crippen LogP contribution in [0.15, 0.2) is 73.3 Å². The van der Waals surface area contributed by atoms with Crippen LogP contribution in [0.1, 0.15) is 10.4 Å². The highest BCUT2D eigenvalue weighted by Gasteiger charge is 2.11. The second-order valence-electron chi connectivity index (χ2n) is 5.90. The Labute approximate surface area is 169 Å². The van der Waals surface area contributed by atoms with Gasteiger partial charge >= 0.3 is 0 Å². The predicted octanol–water partition coefficient (Wildman–Crippen LogP) is 4.50. The van der Waals surface area contributed by atoms with Crippen molar-refractivity contribution in [2.75, 3.05) is 5.32 Å². The number of rotatable bonds is 5. The summed E-state index contributed by atoms with van der Waals surface area (Å²) in [6.45, 7) is 0. The summed E-state index contributed by atoms with van der Waals surface area (Å²) in [5.74, 6) is 0.516. The first-order valence-corrected chi connectivity index (χ1v) is 8.83. The largest absolute Gasteiger partial charge is 0.438 e. The summed E-state index contributed by atoms with van der Waals surface area (Å²) in [4.78, 5) is 16.2. The van der Waals surface area contributed by atoms with E-state index in [1.54, 1.807) is 59.7 Å². The molecule has 1 N–H and O–H groups in total. The Morgan fingerprint density at radius 2 is 1.90 bits per heavy atom. The maximum atomic E-state index is 13.1. The maximum absolute atomic E-state index is 13.1. The zero-order chi connectivity index (χ0) is 20.2. The summed E-state index contributed by atoms with van der Waals surface area (Å²) in [6.07, 6.45) is 5.03. The molecular formula is C20H13ClFN5O2. The molecule has 0 aliphatic heterocycles. The molecule has 1 amide bonds. The van der Waals surface area contributed by atoms with E-state index >= 15 is 0 Å². The summed E-state index contributed by atoms with van der Waals surface area (Å²) in [5.41, 5.74) is 0.714. The van der Waals surface area contributed by atoms with Crippen LogP contribution < -0.4 is 10.1 Å². The van der Waals surface area contributed by atoms with Gasteiger partial charge in [-0.3, -0.25) is 9.36 Å². The maximum Gasteiger partial charge on any atom is 0.257 e. The normalized spacial score (nSPS) is 10.6. The molecule has 2 aromatic heterocycles. The van der Waals surface area contributed by atoms with E-state index in [9.17, 15) is 9.18 Å². The molecule has 2 heterocycles. The van der Waals surface area contributed by atoms with E-state index in [2.05, 4.69) is 20.5 Å². The lowest BCUT2D eigenvalue weighted by Crippen LogP contribution is -2.12. The molecule has 0 radical (unpaired) electrons. The summed E-state index contributed by atoms with van der Waals surface area (Å²) >= 11 is 5.91. The van der Waals surface area contributed by atoms with Crippen LogP contribution in [-0.2, 0) is 0 Å². The number of nitrogens with zero attached hydrogens (tertiary/aromatic N) is 4. The summed E-state index contributed by atoms with van der Waals surface area (Å²) in [6, 6.07) is 13.7. The number of anilines is 1. The van der Waals surface area contributed by atoms with E-state index in [1.165, 1.54) is 12.1 Å². The molecule has 0 atom stereocenters. The molecule has 0 saturated carbocycles. The summed E-state index contributed by atoms with van der Waals surface area (Å²) < 4.78 is 20.5. The number of carbonyl (C=O) groups excluding carboxylic acids is 1. The number of hydrogen-bond donors (Lipinski definition) is 1. The van der Waals surface area contributed by atoms with Gasteiger partial charge < -0.3 is 10.1 Å². The monoisotopic (exact) mass is 409 g/mol. The topological polar surface area (TPSA) is 81.9 Å². The van der Waals surface area contributed by atoms with Gasteiger partial charge in [-0.2, -0.15) is 0 Å². The zero-order valence-corrected chi connectivity index (χ0v) is 15.5. The van der Waals surface area contributed by atoms with E-state index in [0.29, 0.717) is 23.1 Å². The molecule has 144 valence electrons. The molecule has 0 aliphatic carbocycles. The minimum absolute atomic E-state index is 0.0418. The predicted molar refractivity (Wildman–Crippen MR) is 105 cm³/mol. The first kappa shape index (κ1) is 18.6. The number of halogens is 2. The van der Waals surface area contributed by atoms with Crippen molar-refractivity contribution in [3.63, 3.8) is 0 Å². The molecule has 0 fully saturated rings. The van der Waals surface area contributed by atoms with Gasteiger partial charge in [0, 0.05) is 24.1 Å². The van der Waals surface area contributed by atoms with Gasteiger partial charge in [0.25, 0.3) is 5.91 Å². The summed E-state index contributed by atoms with van der Waals surface area (Å²) in [7, 11) is 0. The van der Waals surface area contributed by atoms with Crippen LogP contribution in [0.25, 0.3) is 5.82 Å². The van der Waals surface area contributed by atoms with Crippen LogP contribution in [0.5, 0.6) is 11.6 Å². The van der Waals surface area contributed by atoms with E-state index in [1.807, 2.05) is 0 Å². The number of imidazole rings is 1. The molecule has 0 unspecified atom stereocenters. The van der Waals surface area contributed by atoms with Crippen LogP contribution >= 0.6 is 11.6 Å². The number of amides is 1. The van der Waals surface area contributed by atoms with Gasteiger partial charge in [0.05, 0.1) is 10.6 Å². The molecule has 9 heteroatoms. The van der Waals surface area contributed by atoms with Crippen molar-refractivity contribution in [1.29, 1.82) is 0 Å². The van der Waals surface area contributed by atoms with Crippen molar-refractivity contribution < 1.29 is 13.9 Å². The van der Waals surface area contributed by atoms with Crippen molar-refractivity contribution in [1.82, 2.24) is 19.7 Å². The van der Waals surface area contributed by atoms with Crippen LogP contribution in [0.2, 0.25) is 5.02 Å². The Morgan fingerprint density at radius 3 is 2.55 bits per heavy atom. The number of hydrogen-bond acceptors (Lipinski definition) is 5. The Morgan fingerprint density at radius 1 is 1.07 bits per heavy atom. The second-order valence-corrected chi connectivity index (χ2v) is 6.31. The summed E-state index contributed by atoms with van der Waals surface area (Å²) in [5, 5.41) is 10.8. The Kier molecular flexibility index (Phi) is 5.17. The number of nitrogens with one attached hydrogen (secondary N) is 1. The molecular weight excluding hydrogens is 397 g/mol. The van der Waals surface area contributed by atoms with Crippen LogP contribution in [-0.4, -0.2) is 25.7 Å². The number of benzene rings is 2. The van der Waals surface area contributed by atoms with E-state index in [0.717, 1.165) is 6.07 Å². The molecule has 4 aromatic rings. The molecule has 7 nitrogen and oxygen atoms in total. The fourth-order valence-corrected chi connectivity index (χ4v) is 2.75. The number of ether oxygens (including phenoxy) is 1. The molecule has 4 rings (SSSR count). The first-order chi connectivity index (χ1) is 14.1. The molecule has 0 spiro atoms. The fraction of sp³-hybridized carbons (Fsp3) is 0. The highest BCUT2D eigenvalue weighted by Crippen LogP contribution is 2.23. The third-order valence-corrected chi connectivity index (χ3v) is 4.22. The first-order valence-electron chi connectivity index (χ1n) is 8.45. The van der Waals surface area contributed by atoms with Gasteiger partial charge in [-0.25, -0.2) is 9.37 Å².